The highest BCUT2D eigenvalue weighted by Gasteiger charge is 2.39. The van der Waals surface area contributed by atoms with E-state index in [9.17, 15) is 4.79 Å². The lowest BCUT2D eigenvalue weighted by Crippen LogP contribution is -2.35. The molecule has 0 amide bonds. The van der Waals surface area contributed by atoms with Gasteiger partial charge in [0, 0.05) is 16.8 Å². The monoisotopic (exact) mass is 459 g/mol. The van der Waals surface area contributed by atoms with Crippen LogP contribution in [0, 0.1) is 19.3 Å². The molecule has 0 radical (unpaired) electrons. The standard InChI is InChI=1S/C30H34FNO2/c1-21-11-13-25(14-12-21)30(34-28(33)19-23(3)32,16-15-24-9-7-6-8-10-24)27-18-22(2)17-26(20-27)29(4,5)31/h6-14,17-18,20,32H,15-16,19H2,1-5H3/t30-/m1/s1. The lowest BCUT2D eigenvalue weighted by Gasteiger charge is -2.36. The summed E-state index contributed by atoms with van der Waals surface area (Å²) in [6.45, 7) is 8.60. The van der Waals surface area contributed by atoms with Gasteiger partial charge >= 0.3 is 5.97 Å². The largest absolute Gasteiger partial charge is 0.449 e. The van der Waals surface area contributed by atoms with Gasteiger partial charge in [-0.05, 0) is 64.7 Å². The first kappa shape index (κ1) is 25.4. The van der Waals surface area contributed by atoms with Crippen LogP contribution in [0.5, 0.6) is 0 Å². The molecular weight excluding hydrogens is 425 g/mol. The van der Waals surface area contributed by atoms with E-state index in [4.69, 9.17) is 10.1 Å². The third-order valence-electron chi connectivity index (χ3n) is 6.05. The van der Waals surface area contributed by atoms with Crippen molar-refractivity contribution in [3.8, 4) is 0 Å². The summed E-state index contributed by atoms with van der Waals surface area (Å²) in [5.74, 6) is -0.469. The van der Waals surface area contributed by atoms with Crippen LogP contribution in [0.1, 0.15) is 67.0 Å². The highest BCUT2D eigenvalue weighted by atomic mass is 19.1. The number of aryl methyl sites for hydroxylation is 3. The number of ether oxygens (including phenoxy) is 1. The summed E-state index contributed by atoms with van der Waals surface area (Å²) in [5, 5.41) is 7.81. The number of hydrogen-bond acceptors (Lipinski definition) is 3. The number of benzene rings is 3. The molecule has 1 atom stereocenters. The van der Waals surface area contributed by atoms with Crippen molar-refractivity contribution in [2.75, 3.05) is 0 Å². The summed E-state index contributed by atoms with van der Waals surface area (Å²) in [4.78, 5) is 13.0. The minimum Gasteiger partial charge on any atom is -0.449 e. The molecule has 0 aliphatic carbocycles. The van der Waals surface area contributed by atoms with Crippen molar-refractivity contribution in [2.24, 2.45) is 0 Å². The number of nitrogens with one attached hydrogen (secondary N) is 1. The van der Waals surface area contributed by atoms with Gasteiger partial charge in [0.25, 0.3) is 0 Å². The van der Waals surface area contributed by atoms with Crippen molar-refractivity contribution < 1.29 is 13.9 Å². The Morgan fingerprint density at radius 3 is 2.09 bits per heavy atom. The van der Waals surface area contributed by atoms with Gasteiger partial charge in [0.15, 0.2) is 5.60 Å². The minimum absolute atomic E-state index is 0.0910. The number of halogens is 1. The van der Waals surface area contributed by atoms with Gasteiger partial charge in [-0.25, -0.2) is 4.39 Å². The van der Waals surface area contributed by atoms with Crippen LogP contribution < -0.4 is 0 Å². The van der Waals surface area contributed by atoms with Crippen LogP contribution in [0.2, 0.25) is 0 Å². The molecule has 3 rings (SSSR count). The van der Waals surface area contributed by atoms with Crippen LogP contribution in [-0.4, -0.2) is 11.7 Å². The van der Waals surface area contributed by atoms with E-state index in [0.717, 1.165) is 27.8 Å². The Hall–Kier alpha value is -3.27. The van der Waals surface area contributed by atoms with Crippen LogP contribution in [0.15, 0.2) is 72.8 Å². The topological polar surface area (TPSA) is 50.2 Å². The van der Waals surface area contributed by atoms with E-state index in [-0.39, 0.29) is 12.1 Å². The maximum Gasteiger partial charge on any atom is 0.312 e. The Kier molecular flexibility index (Phi) is 7.71. The number of alkyl halides is 1. The number of hydrogen-bond donors (Lipinski definition) is 1. The molecule has 3 aromatic rings. The molecule has 0 aromatic heterocycles. The molecule has 3 nitrogen and oxygen atoms in total. The molecule has 0 aliphatic heterocycles. The molecule has 178 valence electrons. The summed E-state index contributed by atoms with van der Waals surface area (Å²) in [6.07, 6.45) is 1.05. The van der Waals surface area contributed by atoms with Crippen LogP contribution in [-0.2, 0) is 27.2 Å². The molecule has 4 heteroatoms. The molecule has 0 saturated carbocycles. The van der Waals surface area contributed by atoms with Gasteiger partial charge in [-0.3, -0.25) is 4.79 Å². The van der Waals surface area contributed by atoms with E-state index in [2.05, 4.69) is 12.1 Å². The van der Waals surface area contributed by atoms with E-state index < -0.39 is 17.2 Å². The van der Waals surface area contributed by atoms with Crippen LogP contribution in [0.4, 0.5) is 4.39 Å². The van der Waals surface area contributed by atoms with Crippen LogP contribution in [0.3, 0.4) is 0 Å². The summed E-state index contributed by atoms with van der Waals surface area (Å²) in [6, 6.07) is 23.6. The molecule has 1 N–H and O–H groups in total. The van der Waals surface area contributed by atoms with Crippen molar-refractivity contribution in [3.63, 3.8) is 0 Å². The van der Waals surface area contributed by atoms with Crippen molar-refractivity contribution in [1.82, 2.24) is 0 Å². The maximum atomic E-state index is 15.1. The van der Waals surface area contributed by atoms with E-state index in [1.165, 1.54) is 13.8 Å². The summed E-state index contributed by atoms with van der Waals surface area (Å²) < 4.78 is 21.4. The molecule has 0 unspecified atom stereocenters. The second-order valence-corrected chi connectivity index (χ2v) is 9.67. The van der Waals surface area contributed by atoms with E-state index in [0.29, 0.717) is 18.4 Å². The SMILES string of the molecule is CC(=N)CC(=O)O[C@](CCc1ccccc1)(c1ccc(C)cc1)c1cc(C)cc(C(C)(C)F)c1. The number of esters is 1. The fourth-order valence-corrected chi connectivity index (χ4v) is 4.22. The average Bonchev–Trinajstić information content (AvgIpc) is 2.76. The lowest BCUT2D eigenvalue weighted by atomic mass is 9.79. The smallest absolute Gasteiger partial charge is 0.312 e. The van der Waals surface area contributed by atoms with Crippen LogP contribution in [0.25, 0.3) is 0 Å². The van der Waals surface area contributed by atoms with Gasteiger partial charge < -0.3 is 10.1 Å². The van der Waals surface area contributed by atoms with Gasteiger partial charge in [0.05, 0.1) is 6.42 Å². The van der Waals surface area contributed by atoms with E-state index in [1.807, 2.05) is 74.5 Å². The zero-order chi connectivity index (χ0) is 24.9. The van der Waals surface area contributed by atoms with Crippen molar-refractivity contribution in [1.29, 1.82) is 5.41 Å². The zero-order valence-corrected chi connectivity index (χ0v) is 20.7. The highest BCUT2D eigenvalue weighted by molar-refractivity contribution is 5.96. The molecule has 0 aliphatic rings. The van der Waals surface area contributed by atoms with Gasteiger partial charge in [-0.1, -0.05) is 77.9 Å². The highest BCUT2D eigenvalue weighted by Crippen LogP contribution is 2.41. The summed E-state index contributed by atoms with van der Waals surface area (Å²) in [7, 11) is 0. The van der Waals surface area contributed by atoms with Gasteiger partial charge in [0.1, 0.15) is 5.67 Å². The number of carbonyl (C=O) groups is 1. The Labute approximate surface area is 202 Å². The first-order valence-corrected chi connectivity index (χ1v) is 11.7. The fraction of sp³-hybridized carbons (Fsp3) is 0.333. The average molecular weight is 460 g/mol. The zero-order valence-electron chi connectivity index (χ0n) is 20.7. The fourth-order valence-electron chi connectivity index (χ4n) is 4.22. The third-order valence-corrected chi connectivity index (χ3v) is 6.05. The number of carbonyl (C=O) groups excluding carboxylic acids is 1. The first-order valence-electron chi connectivity index (χ1n) is 11.7. The van der Waals surface area contributed by atoms with Crippen molar-refractivity contribution in [2.45, 2.75) is 65.2 Å². The Morgan fingerprint density at radius 2 is 1.50 bits per heavy atom. The molecule has 0 spiro atoms. The predicted octanol–water partition coefficient (Wildman–Crippen LogP) is 7.36. The second kappa shape index (κ2) is 10.3. The normalized spacial score (nSPS) is 13.2. The Balaban J connectivity index is 2.23. The molecule has 0 bridgehead atoms. The lowest BCUT2D eigenvalue weighted by molar-refractivity contribution is -0.156. The molecule has 0 heterocycles. The maximum absolute atomic E-state index is 15.1. The van der Waals surface area contributed by atoms with Gasteiger partial charge in [-0.15, -0.1) is 0 Å². The molecular formula is C30H34FNO2. The third kappa shape index (κ3) is 6.19. The molecule has 3 aromatic carbocycles. The summed E-state index contributed by atoms with van der Waals surface area (Å²) in [5.41, 5.74) is 2.79. The first-order chi connectivity index (χ1) is 16.0. The quantitative estimate of drug-likeness (QED) is 0.268. The van der Waals surface area contributed by atoms with E-state index in [1.54, 1.807) is 6.92 Å². The van der Waals surface area contributed by atoms with E-state index >= 15 is 4.39 Å². The second-order valence-electron chi connectivity index (χ2n) is 9.67. The molecule has 0 fully saturated rings. The summed E-state index contributed by atoms with van der Waals surface area (Å²) >= 11 is 0. The minimum atomic E-state index is -1.55. The van der Waals surface area contributed by atoms with Crippen LogP contribution >= 0.6 is 0 Å². The van der Waals surface area contributed by atoms with Crippen molar-refractivity contribution >= 4 is 11.7 Å². The predicted molar refractivity (Wildman–Crippen MR) is 136 cm³/mol. The molecule has 34 heavy (non-hydrogen) atoms. The Bertz CT molecular complexity index is 1150. The van der Waals surface area contributed by atoms with Gasteiger partial charge in [-0.2, -0.15) is 0 Å². The van der Waals surface area contributed by atoms with Gasteiger partial charge in [0.2, 0.25) is 0 Å². The Morgan fingerprint density at radius 1 is 0.882 bits per heavy atom. The molecule has 0 saturated heterocycles. The van der Waals surface area contributed by atoms with Crippen molar-refractivity contribution in [3.05, 3.63) is 106 Å². The number of rotatable bonds is 9.